The van der Waals surface area contributed by atoms with Crippen molar-refractivity contribution in [3.05, 3.63) is 0 Å². The first-order chi connectivity index (χ1) is 3.90. The van der Waals surface area contributed by atoms with E-state index in [9.17, 15) is 4.79 Å². The van der Waals surface area contributed by atoms with E-state index in [1.807, 2.05) is 0 Å². The van der Waals surface area contributed by atoms with Gasteiger partial charge < -0.3 is 4.79 Å². The minimum Gasteiger partial charge on any atom is -0.302 e. The number of nitrogens with zero attached hydrogens (tertiary/aromatic N) is 1. The predicted octanol–water partition coefficient (Wildman–Crippen LogP) is -1.31. The molecule has 0 saturated carbocycles. The van der Waals surface area contributed by atoms with Crippen molar-refractivity contribution in [2.45, 2.75) is 12.4 Å². The molecule has 4 nitrogen and oxygen atoms in total. The second kappa shape index (κ2) is 1.28. The number of nitrogens with one attached hydrogen (secondary N) is 1. The molecule has 2 saturated heterocycles. The molecule has 44 valence electrons. The Balaban J connectivity index is 1.98. The Kier molecular flexibility index (Phi) is 0.709. The molecule has 3 unspecified atom stereocenters. The summed E-state index contributed by atoms with van der Waals surface area (Å²) in [6.45, 7) is 0.703. The molecule has 1 N–H and O–H groups in total. The summed E-state index contributed by atoms with van der Waals surface area (Å²) >= 11 is 0. The zero-order valence-corrected chi connectivity index (χ0v) is 4.20. The van der Waals surface area contributed by atoms with Crippen LogP contribution in [0.3, 0.4) is 0 Å². The first kappa shape index (κ1) is 4.43. The highest BCUT2D eigenvalue weighted by atomic mass is 16.9. The SMILES string of the molecule is O=CC1CN2OC2N1. The average molecular weight is 114 g/mol. The molecule has 0 aromatic heterocycles. The van der Waals surface area contributed by atoms with Crippen LogP contribution in [0.15, 0.2) is 0 Å². The molecule has 0 radical (unpaired) electrons. The summed E-state index contributed by atoms with van der Waals surface area (Å²) in [5, 5.41) is 4.65. The van der Waals surface area contributed by atoms with E-state index in [4.69, 9.17) is 4.84 Å². The maximum atomic E-state index is 10.0. The molecule has 2 rings (SSSR count). The zero-order valence-electron chi connectivity index (χ0n) is 4.20. The molecule has 0 spiro atoms. The van der Waals surface area contributed by atoms with Crippen molar-refractivity contribution < 1.29 is 9.63 Å². The highest BCUT2D eigenvalue weighted by Gasteiger charge is 2.45. The van der Waals surface area contributed by atoms with Crippen LogP contribution in [0.4, 0.5) is 0 Å². The van der Waals surface area contributed by atoms with Gasteiger partial charge in [0.1, 0.15) is 6.29 Å². The molecule has 0 aliphatic carbocycles. The van der Waals surface area contributed by atoms with Gasteiger partial charge in [0, 0.05) is 0 Å². The van der Waals surface area contributed by atoms with Crippen molar-refractivity contribution in [3.8, 4) is 0 Å². The minimum absolute atomic E-state index is 0.00579. The summed E-state index contributed by atoms with van der Waals surface area (Å²) < 4.78 is 0. The van der Waals surface area contributed by atoms with Gasteiger partial charge in [-0.1, -0.05) is 0 Å². The fraction of sp³-hybridized carbons (Fsp3) is 0.750. The summed E-state index contributed by atoms with van der Waals surface area (Å²) in [5.41, 5.74) is 0. The van der Waals surface area contributed by atoms with Crippen LogP contribution >= 0.6 is 0 Å². The highest BCUT2D eigenvalue weighted by molar-refractivity contribution is 5.58. The number of hydrogen-bond acceptors (Lipinski definition) is 4. The van der Waals surface area contributed by atoms with Gasteiger partial charge >= 0.3 is 0 Å². The van der Waals surface area contributed by atoms with E-state index in [1.54, 1.807) is 5.06 Å². The van der Waals surface area contributed by atoms with E-state index in [-0.39, 0.29) is 12.4 Å². The maximum absolute atomic E-state index is 10.0. The molecule has 2 fully saturated rings. The molecule has 0 amide bonds. The number of hydroxylamine groups is 2. The van der Waals surface area contributed by atoms with Crippen LogP contribution in [0.1, 0.15) is 0 Å². The van der Waals surface area contributed by atoms with E-state index >= 15 is 0 Å². The lowest BCUT2D eigenvalue weighted by molar-refractivity contribution is -0.110. The Bertz CT molecular complexity index is 117. The van der Waals surface area contributed by atoms with Crippen LogP contribution in [0.25, 0.3) is 0 Å². The molecule has 8 heavy (non-hydrogen) atoms. The monoisotopic (exact) mass is 114 g/mol. The van der Waals surface area contributed by atoms with E-state index in [1.165, 1.54) is 0 Å². The fourth-order valence-electron chi connectivity index (χ4n) is 0.865. The number of hydrogen-bond donors (Lipinski definition) is 1. The van der Waals surface area contributed by atoms with E-state index in [0.29, 0.717) is 6.54 Å². The third-order valence-electron chi connectivity index (χ3n) is 1.35. The van der Waals surface area contributed by atoms with Gasteiger partial charge in [-0.3, -0.25) is 10.2 Å². The maximum Gasteiger partial charge on any atom is 0.208 e. The molecular formula is C4H6N2O2. The molecule has 0 aromatic carbocycles. The third-order valence-corrected chi connectivity index (χ3v) is 1.35. The van der Waals surface area contributed by atoms with Crippen LogP contribution in [0, 0.1) is 0 Å². The van der Waals surface area contributed by atoms with Crippen LogP contribution in [-0.4, -0.2) is 30.3 Å². The van der Waals surface area contributed by atoms with Crippen molar-refractivity contribution in [3.63, 3.8) is 0 Å². The first-order valence-electron chi connectivity index (χ1n) is 2.55. The summed E-state index contributed by atoms with van der Waals surface area (Å²) in [4.78, 5) is 14.9. The van der Waals surface area contributed by atoms with Gasteiger partial charge in [-0.25, -0.2) is 0 Å². The zero-order chi connectivity index (χ0) is 5.56. The Hall–Kier alpha value is -0.450. The van der Waals surface area contributed by atoms with E-state index < -0.39 is 0 Å². The van der Waals surface area contributed by atoms with Crippen molar-refractivity contribution in [2.24, 2.45) is 0 Å². The lowest BCUT2D eigenvalue weighted by Crippen LogP contribution is -2.29. The number of carbonyl (C=O) groups excluding carboxylic acids is 1. The van der Waals surface area contributed by atoms with Crippen LogP contribution in [0.2, 0.25) is 0 Å². The standard InChI is InChI=1S/C4H6N2O2/c7-2-3-1-6-4(5-3)8-6/h2-5H,1H2. The smallest absolute Gasteiger partial charge is 0.208 e. The van der Waals surface area contributed by atoms with Gasteiger partial charge in [-0.2, -0.15) is 0 Å². The third kappa shape index (κ3) is 0.475. The van der Waals surface area contributed by atoms with E-state index in [2.05, 4.69) is 5.32 Å². The Morgan fingerprint density at radius 2 is 2.75 bits per heavy atom. The molecule has 3 atom stereocenters. The van der Waals surface area contributed by atoms with Gasteiger partial charge in [0.15, 0.2) is 0 Å². The highest BCUT2D eigenvalue weighted by Crippen LogP contribution is 2.22. The van der Waals surface area contributed by atoms with Gasteiger partial charge in [0.25, 0.3) is 0 Å². The Morgan fingerprint density at radius 3 is 3.12 bits per heavy atom. The van der Waals surface area contributed by atoms with Crippen molar-refractivity contribution in [2.75, 3.05) is 6.54 Å². The normalized spacial score (nSPS) is 50.8. The summed E-state index contributed by atoms with van der Waals surface area (Å²) in [6.07, 6.45) is 0.945. The molecule has 2 aliphatic heterocycles. The summed E-state index contributed by atoms with van der Waals surface area (Å²) in [7, 11) is 0. The fourth-order valence-corrected chi connectivity index (χ4v) is 0.865. The van der Waals surface area contributed by atoms with E-state index in [0.717, 1.165) is 6.29 Å². The molecule has 0 bridgehead atoms. The molecule has 2 aliphatic rings. The first-order valence-corrected chi connectivity index (χ1v) is 2.55. The summed E-state index contributed by atoms with van der Waals surface area (Å²) in [5.74, 6) is 0. The van der Waals surface area contributed by atoms with Crippen molar-refractivity contribution >= 4 is 6.29 Å². The molecular weight excluding hydrogens is 108 g/mol. The number of aldehydes is 1. The second-order valence-electron chi connectivity index (χ2n) is 1.97. The lowest BCUT2D eigenvalue weighted by Gasteiger charge is -1.98. The van der Waals surface area contributed by atoms with Crippen LogP contribution < -0.4 is 5.32 Å². The van der Waals surface area contributed by atoms with Gasteiger partial charge in [0.2, 0.25) is 6.35 Å². The average Bonchev–Trinajstić information content (AvgIpc) is 2.40. The molecule has 4 heteroatoms. The number of rotatable bonds is 1. The number of carbonyl (C=O) groups is 1. The Labute approximate surface area is 46.4 Å². The molecule has 2 heterocycles. The van der Waals surface area contributed by atoms with Crippen LogP contribution in [-0.2, 0) is 9.63 Å². The quantitative estimate of drug-likeness (QED) is 0.339. The minimum atomic E-state index is -0.00579. The van der Waals surface area contributed by atoms with Crippen LogP contribution in [0.5, 0.6) is 0 Å². The van der Waals surface area contributed by atoms with Gasteiger partial charge in [-0.05, 0) is 0 Å². The molecule has 0 aromatic rings. The van der Waals surface area contributed by atoms with Gasteiger partial charge in [-0.15, -0.1) is 5.06 Å². The Morgan fingerprint density at radius 1 is 1.88 bits per heavy atom. The van der Waals surface area contributed by atoms with Gasteiger partial charge in [0.05, 0.1) is 12.6 Å². The second-order valence-corrected chi connectivity index (χ2v) is 1.97. The predicted molar refractivity (Wildman–Crippen MR) is 24.6 cm³/mol. The largest absolute Gasteiger partial charge is 0.302 e. The summed E-state index contributed by atoms with van der Waals surface area (Å²) in [6, 6.07) is -0.00579. The lowest BCUT2D eigenvalue weighted by atomic mass is 10.4. The van der Waals surface area contributed by atoms with Crippen molar-refractivity contribution in [1.29, 1.82) is 0 Å². The number of fused-ring (bicyclic) bond motifs is 1. The topological polar surface area (TPSA) is 44.6 Å². The van der Waals surface area contributed by atoms with Crippen molar-refractivity contribution in [1.82, 2.24) is 10.4 Å².